The zero-order valence-corrected chi connectivity index (χ0v) is 14.5. The van der Waals surface area contributed by atoms with E-state index >= 15 is 0 Å². The highest BCUT2D eigenvalue weighted by molar-refractivity contribution is 5.09. The molecule has 3 heterocycles. The number of hydrogen-bond acceptors (Lipinski definition) is 4. The molecule has 1 aliphatic rings. The summed E-state index contributed by atoms with van der Waals surface area (Å²) in [5, 5.41) is 0. The summed E-state index contributed by atoms with van der Waals surface area (Å²) in [5.74, 6) is 0. The second-order valence-corrected chi connectivity index (χ2v) is 6.78. The molecule has 0 radical (unpaired) electrons. The molecule has 0 unspecified atom stereocenters. The van der Waals surface area contributed by atoms with Crippen LogP contribution in [0.25, 0.3) is 0 Å². The average Bonchev–Trinajstić information content (AvgIpc) is 3.03. The minimum Gasteiger partial charge on any atom is -0.381 e. The third-order valence-electron chi connectivity index (χ3n) is 4.90. The van der Waals surface area contributed by atoms with Gasteiger partial charge in [-0.1, -0.05) is 12.1 Å². The van der Waals surface area contributed by atoms with Crippen molar-refractivity contribution in [3.63, 3.8) is 0 Å². The smallest absolute Gasteiger partial charge is 0.0535 e. The minimum atomic E-state index is 0.246. The average molecular weight is 325 g/mol. The molecule has 1 atom stereocenters. The molecule has 0 bridgehead atoms. The summed E-state index contributed by atoms with van der Waals surface area (Å²) in [7, 11) is 0. The van der Waals surface area contributed by atoms with Gasteiger partial charge in [0.15, 0.2) is 0 Å². The molecule has 0 aromatic carbocycles. The maximum atomic E-state index is 5.85. The maximum absolute atomic E-state index is 5.85. The van der Waals surface area contributed by atoms with E-state index in [2.05, 4.69) is 40.0 Å². The van der Waals surface area contributed by atoms with Crippen LogP contribution in [0, 0.1) is 5.41 Å². The lowest BCUT2D eigenvalue weighted by atomic mass is 9.82. The Morgan fingerprint density at radius 2 is 2.17 bits per heavy atom. The SMILES string of the molecule is CCOC[C@]1(CCc2ccccn2)CCN(Cc2cccnc2)C1. The molecule has 1 saturated heterocycles. The second kappa shape index (κ2) is 8.36. The second-order valence-electron chi connectivity index (χ2n) is 6.78. The highest BCUT2D eigenvalue weighted by atomic mass is 16.5. The fraction of sp³-hybridized carbons (Fsp3) is 0.500. The summed E-state index contributed by atoms with van der Waals surface area (Å²) < 4.78 is 5.85. The van der Waals surface area contributed by atoms with Gasteiger partial charge in [0.1, 0.15) is 0 Å². The Morgan fingerprint density at radius 3 is 2.92 bits per heavy atom. The molecular formula is C20H27N3O. The molecule has 1 fully saturated rings. The Bertz CT molecular complexity index is 605. The Balaban J connectivity index is 1.61. The summed E-state index contributed by atoms with van der Waals surface area (Å²) in [6.45, 7) is 6.91. The largest absolute Gasteiger partial charge is 0.381 e. The molecular weight excluding hydrogens is 298 g/mol. The summed E-state index contributed by atoms with van der Waals surface area (Å²) in [6, 6.07) is 10.3. The van der Waals surface area contributed by atoms with E-state index in [1.54, 1.807) is 0 Å². The summed E-state index contributed by atoms with van der Waals surface area (Å²) in [5.41, 5.74) is 2.71. The molecule has 2 aromatic rings. The van der Waals surface area contributed by atoms with Gasteiger partial charge in [0.05, 0.1) is 6.61 Å². The Kier molecular flexibility index (Phi) is 5.94. The molecule has 128 valence electrons. The first-order valence-electron chi connectivity index (χ1n) is 8.89. The van der Waals surface area contributed by atoms with Crippen LogP contribution < -0.4 is 0 Å². The van der Waals surface area contributed by atoms with Crippen LogP contribution in [0.1, 0.15) is 31.0 Å². The first-order valence-corrected chi connectivity index (χ1v) is 8.89. The van der Waals surface area contributed by atoms with E-state index in [1.165, 1.54) is 17.7 Å². The van der Waals surface area contributed by atoms with Crippen LogP contribution in [-0.4, -0.2) is 41.2 Å². The van der Waals surface area contributed by atoms with Crippen molar-refractivity contribution in [2.75, 3.05) is 26.3 Å². The van der Waals surface area contributed by atoms with Crippen molar-refractivity contribution >= 4 is 0 Å². The molecule has 4 heteroatoms. The van der Waals surface area contributed by atoms with Gasteiger partial charge in [0, 0.05) is 49.4 Å². The number of ether oxygens (including phenoxy) is 1. The van der Waals surface area contributed by atoms with E-state index in [9.17, 15) is 0 Å². The Morgan fingerprint density at radius 1 is 1.21 bits per heavy atom. The molecule has 0 saturated carbocycles. The van der Waals surface area contributed by atoms with Crippen LogP contribution in [0.15, 0.2) is 48.9 Å². The lowest BCUT2D eigenvalue weighted by Crippen LogP contribution is -2.32. The van der Waals surface area contributed by atoms with Gasteiger partial charge in [-0.3, -0.25) is 14.9 Å². The predicted molar refractivity (Wildman–Crippen MR) is 95.6 cm³/mol. The van der Waals surface area contributed by atoms with Crippen LogP contribution in [0.5, 0.6) is 0 Å². The van der Waals surface area contributed by atoms with Gasteiger partial charge < -0.3 is 4.74 Å². The van der Waals surface area contributed by atoms with Gasteiger partial charge in [-0.25, -0.2) is 0 Å². The number of nitrogens with zero attached hydrogens (tertiary/aromatic N) is 3. The van der Waals surface area contributed by atoms with Crippen molar-refractivity contribution < 1.29 is 4.74 Å². The standard InChI is InChI=1S/C20H27N3O/c1-2-24-17-20(9-8-19-7-3-4-12-22-19)10-13-23(16-20)15-18-6-5-11-21-14-18/h3-7,11-12,14H,2,8-10,13,15-17H2,1H3/t20-/m1/s1. The highest BCUT2D eigenvalue weighted by Crippen LogP contribution is 2.36. The number of likely N-dealkylation sites (tertiary alicyclic amines) is 1. The van der Waals surface area contributed by atoms with Gasteiger partial charge in [0.25, 0.3) is 0 Å². The topological polar surface area (TPSA) is 38.2 Å². The fourth-order valence-electron chi connectivity index (χ4n) is 3.56. The predicted octanol–water partition coefficient (Wildman–Crippen LogP) is 3.34. The Hall–Kier alpha value is -1.78. The fourth-order valence-corrected chi connectivity index (χ4v) is 3.56. The van der Waals surface area contributed by atoms with Crippen molar-refractivity contribution in [3.05, 3.63) is 60.2 Å². The quantitative estimate of drug-likeness (QED) is 0.746. The van der Waals surface area contributed by atoms with E-state index < -0.39 is 0 Å². The van der Waals surface area contributed by atoms with Crippen LogP contribution in [0.3, 0.4) is 0 Å². The molecule has 0 N–H and O–H groups in total. The van der Waals surface area contributed by atoms with Gasteiger partial charge in [-0.2, -0.15) is 0 Å². The number of aryl methyl sites for hydroxylation is 1. The molecule has 2 aromatic heterocycles. The molecule has 3 rings (SSSR count). The Labute approximate surface area is 144 Å². The lowest BCUT2D eigenvalue weighted by molar-refractivity contribution is 0.0488. The summed E-state index contributed by atoms with van der Waals surface area (Å²) in [4.78, 5) is 11.2. The van der Waals surface area contributed by atoms with Gasteiger partial charge >= 0.3 is 0 Å². The molecule has 4 nitrogen and oxygen atoms in total. The molecule has 1 aliphatic heterocycles. The molecule has 0 spiro atoms. The number of rotatable bonds is 8. The lowest BCUT2D eigenvalue weighted by Gasteiger charge is -2.29. The van der Waals surface area contributed by atoms with E-state index in [4.69, 9.17) is 4.74 Å². The normalized spacial score (nSPS) is 21.2. The number of hydrogen-bond donors (Lipinski definition) is 0. The van der Waals surface area contributed by atoms with Crippen LogP contribution >= 0.6 is 0 Å². The zero-order chi connectivity index (χ0) is 16.7. The van der Waals surface area contributed by atoms with Crippen LogP contribution in [-0.2, 0) is 17.7 Å². The third kappa shape index (κ3) is 4.62. The van der Waals surface area contributed by atoms with Crippen molar-refractivity contribution in [3.8, 4) is 0 Å². The van der Waals surface area contributed by atoms with Gasteiger partial charge in [0.2, 0.25) is 0 Å². The molecule has 24 heavy (non-hydrogen) atoms. The van der Waals surface area contributed by atoms with E-state index in [0.29, 0.717) is 0 Å². The molecule has 0 aliphatic carbocycles. The van der Waals surface area contributed by atoms with Crippen molar-refractivity contribution in [2.45, 2.75) is 32.7 Å². The van der Waals surface area contributed by atoms with Gasteiger partial charge in [-0.15, -0.1) is 0 Å². The maximum Gasteiger partial charge on any atom is 0.0535 e. The van der Waals surface area contributed by atoms with E-state index in [-0.39, 0.29) is 5.41 Å². The first kappa shape index (κ1) is 17.1. The van der Waals surface area contributed by atoms with Crippen molar-refractivity contribution in [2.24, 2.45) is 5.41 Å². The molecule has 0 amide bonds. The number of aromatic nitrogens is 2. The monoisotopic (exact) mass is 325 g/mol. The van der Waals surface area contributed by atoms with E-state index in [1.807, 2.05) is 30.7 Å². The zero-order valence-electron chi connectivity index (χ0n) is 14.5. The summed E-state index contributed by atoms with van der Waals surface area (Å²) >= 11 is 0. The summed E-state index contributed by atoms with van der Waals surface area (Å²) in [6.07, 6.45) is 9.03. The minimum absolute atomic E-state index is 0.246. The van der Waals surface area contributed by atoms with Crippen molar-refractivity contribution in [1.82, 2.24) is 14.9 Å². The van der Waals surface area contributed by atoms with Crippen LogP contribution in [0.2, 0.25) is 0 Å². The van der Waals surface area contributed by atoms with E-state index in [0.717, 1.165) is 45.7 Å². The van der Waals surface area contributed by atoms with Gasteiger partial charge in [-0.05, 0) is 56.5 Å². The van der Waals surface area contributed by atoms with Crippen molar-refractivity contribution in [1.29, 1.82) is 0 Å². The third-order valence-corrected chi connectivity index (χ3v) is 4.90. The van der Waals surface area contributed by atoms with Crippen LogP contribution in [0.4, 0.5) is 0 Å². The number of pyridine rings is 2. The highest BCUT2D eigenvalue weighted by Gasteiger charge is 2.38. The first-order chi connectivity index (χ1) is 11.8.